The Labute approximate surface area is 122 Å². The second kappa shape index (κ2) is 6.51. The van der Waals surface area contributed by atoms with Gasteiger partial charge in [0.15, 0.2) is 0 Å². The molecule has 0 bridgehead atoms. The minimum Gasteiger partial charge on any atom is -0.351 e. The van der Waals surface area contributed by atoms with Crippen LogP contribution in [0.15, 0.2) is 41.4 Å². The normalized spacial score (nSPS) is 11.3. The number of aryl methyl sites for hydroxylation is 1. The fraction of sp³-hybridized carbons (Fsp3) is 0.231. The zero-order chi connectivity index (χ0) is 15.3. The second-order valence-electron chi connectivity index (χ2n) is 4.45. The summed E-state index contributed by atoms with van der Waals surface area (Å²) in [5.74, 6) is -0.399. The monoisotopic (exact) mass is 308 g/mol. The number of amides is 1. The molecule has 0 aliphatic rings. The Kier molecular flexibility index (Phi) is 4.71. The molecule has 8 heteroatoms. The molecular weight excluding hydrogens is 292 g/mol. The van der Waals surface area contributed by atoms with E-state index in [0.717, 1.165) is 5.56 Å². The summed E-state index contributed by atoms with van der Waals surface area (Å²) in [7, 11) is -3.73. The number of benzene rings is 1. The predicted molar refractivity (Wildman–Crippen MR) is 76.8 cm³/mol. The van der Waals surface area contributed by atoms with Gasteiger partial charge in [0.2, 0.25) is 15.9 Å². The molecule has 3 N–H and O–H groups in total. The third kappa shape index (κ3) is 4.14. The van der Waals surface area contributed by atoms with Crippen molar-refractivity contribution in [3.63, 3.8) is 0 Å². The molecule has 7 nitrogen and oxygen atoms in total. The molecule has 0 saturated heterocycles. The third-order valence-electron chi connectivity index (χ3n) is 2.83. The van der Waals surface area contributed by atoms with Crippen LogP contribution in [0.3, 0.4) is 0 Å². The lowest BCUT2D eigenvalue weighted by molar-refractivity contribution is -0.120. The standard InChI is InChI=1S/C13H16N4O3S/c1-10-12(8-15-17-10)21(19,20)16-9-13(18)14-7-11-5-3-2-4-6-11/h2-6,8,16H,7,9H2,1H3,(H,14,18)(H,15,17). The summed E-state index contributed by atoms with van der Waals surface area (Å²) in [5.41, 5.74) is 1.37. The average Bonchev–Trinajstić information content (AvgIpc) is 2.91. The SMILES string of the molecule is Cc1[nH]ncc1S(=O)(=O)NCC(=O)NCc1ccccc1. The van der Waals surface area contributed by atoms with E-state index < -0.39 is 15.9 Å². The Balaban J connectivity index is 1.85. The van der Waals surface area contributed by atoms with E-state index in [0.29, 0.717) is 12.2 Å². The number of aromatic nitrogens is 2. The topological polar surface area (TPSA) is 104 Å². The largest absolute Gasteiger partial charge is 0.351 e. The van der Waals surface area contributed by atoms with Crippen LogP contribution < -0.4 is 10.0 Å². The van der Waals surface area contributed by atoms with Gasteiger partial charge in [0.05, 0.1) is 18.4 Å². The highest BCUT2D eigenvalue weighted by atomic mass is 32.2. The number of nitrogens with zero attached hydrogens (tertiary/aromatic N) is 1. The van der Waals surface area contributed by atoms with Crippen LogP contribution in [0.25, 0.3) is 0 Å². The summed E-state index contributed by atoms with van der Waals surface area (Å²) >= 11 is 0. The van der Waals surface area contributed by atoms with Gasteiger partial charge in [-0.25, -0.2) is 13.1 Å². The van der Waals surface area contributed by atoms with Gasteiger partial charge in [-0.05, 0) is 12.5 Å². The van der Waals surface area contributed by atoms with E-state index in [4.69, 9.17) is 0 Å². The summed E-state index contributed by atoms with van der Waals surface area (Å²) in [6.45, 7) is 1.63. The van der Waals surface area contributed by atoms with E-state index in [1.807, 2.05) is 30.3 Å². The van der Waals surface area contributed by atoms with E-state index in [1.165, 1.54) is 6.20 Å². The number of nitrogens with one attached hydrogen (secondary N) is 3. The van der Waals surface area contributed by atoms with Gasteiger partial charge in [0, 0.05) is 6.54 Å². The summed E-state index contributed by atoms with van der Waals surface area (Å²) in [4.78, 5) is 11.7. The van der Waals surface area contributed by atoms with Gasteiger partial charge in [0.1, 0.15) is 4.90 Å². The van der Waals surface area contributed by atoms with Gasteiger partial charge >= 0.3 is 0 Å². The van der Waals surface area contributed by atoms with E-state index in [9.17, 15) is 13.2 Å². The zero-order valence-electron chi connectivity index (χ0n) is 11.5. The van der Waals surface area contributed by atoms with E-state index in [2.05, 4.69) is 20.2 Å². The van der Waals surface area contributed by atoms with Crippen LogP contribution in [-0.4, -0.2) is 31.1 Å². The molecule has 2 rings (SSSR count). The van der Waals surface area contributed by atoms with Gasteiger partial charge in [0.25, 0.3) is 0 Å². The number of H-pyrrole nitrogens is 1. The van der Waals surface area contributed by atoms with Crippen LogP contribution in [0.5, 0.6) is 0 Å². The Hall–Kier alpha value is -2.19. The molecule has 1 aromatic heterocycles. The first-order valence-corrected chi connectivity index (χ1v) is 7.77. The number of hydrogen-bond donors (Lipinski definition) is 3. The number of aromatic amines is 1. The average molecular weight is 308 g/mol. The van der Waals surface area contributed by atoms with E-state index >= 15 is 0 Å². The molecule has 0 atom stereocenters. The number of rotatable bonds is 6. The maximum absolute atomic E-state index is 11.9. The molecule has 21 heavy (non-hydrogen) atoms. The fourth-order valence-corrected chi connectivity index (χ4v) is 2.82. The smallest absolute Gasteiger partial charge is 0.244 e. The highest BCUT2D eigenvalue weighted by Gasteiger charge is 2.19. The first-order valence-electron chi connectivity index (χ1n) is 6.29. The van der Waals surface area contributed by atoms with Crippen LogP contribution in [0.2, 0.25) is 0 Å². The number of hydrogen-bond acceptors (Lipinski definition) is 4. The molecule has 1 aromatic carbocycles. The summed E-state index contributed by atoms with van der Waals surface area (Å²) in [5, 5.41) is 8.83. The summed E-state index contributed by atoms with van der Waals surface area (Å²) in [6.07, 6.45) is 1.21. The zero-order valence-corrected chi connectivity index (χ0v) is 12.3. The Morgan fingerprint density at radius 1 is 1.29 bits per heavy atom. The molecule has 0 spiro atoms. The van der Waals surface area contributed by atoms with E-state index in [1.54, 1.807) is 6.92 Å². The molecule has 0 radical (unpaired) electrons. The quantitative estimate of drug-likeness (QED) is 0.714. The predicted octanol–water partition coefficient (Wildman–Crippen LogP) is 0.313. The van der Waals surface area contributed by atoms with Gasteiger partial charge in [-0.3, -0.25) is 9.89 Å². The number of sulfonamides is 1. The number of carbonyl (C=O) groups is 1. The lowest BCUT2D eigenvalue weighted by Gasteiger charge is -2.07. The molecule has 0 aliphatic heterocycles. The van der Waals surface area contributed by atoms with Crippen molar-refractivity contribution >= 4 is 15.9 Å². The first-order chi connectivity index (χ1) is 9.99. The molecule has 0 saturated carbocycles. The summed E-state index contributed by atoms with van der Waals surface area (Å²) in [6, 6.07) is 9.36. The van der Waals surface area contributed by atoms with E-state index in [-0.39, 0.29) is 11.4 Å². The molecule has 1 amide bonds. The maximum atomic E-state index is 11.9. The van der Waals surface area contributed by atoms with Crippen molar-refractivity contribution in [2.75, 3.05) is 6.54 Å². The van der Waals surface area contributed by atoms with Crippen LogP contribution in [0, 0.1) is 6.92 Å². The Morgan fingerprint density at radius 2 is 2.00 bits per heavy atom. The highest BCUT2D eigenvalue weighted by Crippen LogP contribution is 2.09. The highest BCUT2D eigenvalue weighted by molar-refractivity contribution is 7.89. The minimum atomic E-state index is -3.73. The molecule has 2 aromatic rings. The van der Waals surface area contributed by atoms with Gasteiger partial charge in [-0.1, -0.05) is 30.3 Å². The lowest BCUT2D eigenvalue weighted by atomic mass is 10.2. The Morgan fingerprint density at radius 3 is 2.62 bits per heavy atom. The van der Waals surface area contributed by atoms with Crippen LogP contribution in [0.1, 0.15) is 11.3 Å². The van der Waals surface area contributed by atoms with Crippen LogP contribution in [-0.2, 0) is 21.4 Å². The lowest BCUT2D eigenvalue weighted by Crippen LogP contribution is -2.36. The Bertz CT molecular complexity index is 710. The van der Waals surface area contributed by atoms with Crippen molar-refractivity contribution in [3.8, 4) is 0 Å². The molecule has 0 aliphatic carbocycles. The molecular formula is C13H16N4O3S. The first kappa shape index (κ1) is 15.2. The van der Waals surface area contributed by atoms with Gasteiger partial charge in [-0.15, -0.1) is 0 Å². The fourth-order valence-electron chi connectivity index (χ4n) is 1.71. The molecule has 1 heterocycles. The van der Waals surface area contributed by atoms with Crippen molar-refractivity contribution in [1.82, 2.24) is 20.2 Å². The van der Waals surface area contributed by atoms with Crippen molar-refractivity contribution in [3.05, 3.63) is 47.8 Å². The van der Waals surface area contributed by atoms with Crippen molar-refractivity contribution in [2.45, 2.75) is 18.4 Å². The van der Waals surface area contributed by atoms with Gasteiger partial charge in [-0.2, -0.15) is 5.10 Å². The number of carbonyl (C=O) groups excluding carboxylic acids is 1. The van der Waals surface area contributed by atoms with Crippen LogP contribution >= 0.6 is 0 Å². The van der Waals surface area contributed by atoms with Crippen molar-refractivity contribution < 1.29 is 13.2 Å². The van der Waals surface area contributed by atoms with Crippen molar-refractivity contribution in [2.24, 2.45) is 0 Å². The van der Waals surface area contributed by atoms with Crippen molar-refractivity contribution in [1.29, 1.82) is 0 Å². The summed E-state index contributed by atoms with van der Waals surface area (Å²) < 4.78 is 26.1. The third-order valence-corrected chi connectivity index (χ3v) is 4.34. The second-order valence-corrected chi connectivity index (χ2v) is 6.18. The molecule has 0 unspecified atom stereocenters. The maximum Gasteiger partial charge on any atom is 0.244 e. The van der Waals surface area contributed by atoms with Gasteiger partial charge < -0.3 is 5.32 Å². The molecule has 0 fully saturated rings. The minimum absolute atomic E-state index is 0.0401. The van der Waals surface area contributed by atoms with Crippen LogP contribution in [0.4, 0.5) is 0 Å². The molecule has 112 valence electrons.